The van der Waals surface area contributed by atoms with Crippen LogP contribution in [-0.4, -0.2) is 69.5 Å². The minimum atomic E-state index is -3.59. The molecule has 1 fully saturated rings. The van der Waals surface area contributed by atoms with E-state index in [1.54, 1.807) is 42.4 Å². The molecule has 0 bridgehead atoms. The second kappa shape index (κ2) is 12.4. The molecule has 1 heterocycles. The van der Waals surface area contributed by atoms with Gasteiger partial charge in [0.25, 0.3) is 0 Å². The first-order valence-corrected chi connectivity index (χ1v) is 13.6. The van der Waals surface area contributed by atoms with Gasteiger partial charge in [-0.15, -0.1) is 0 Å². The lowest BCUT2D eigenvalue weighted by atomic mass is 10.1. The highest BCUT2D eigenvalue weighted by molar-refractivity contribution is 7.89. The highest BCUT2D eigenvalue weighted by Crippen LogP contribution is 2.24. The summed E-state index contributed by atoms with van der Waals surface area (Å²) in [6.07, 6.45) is 4.27. The number of rotatable bonds is 11. The zero-order chi connectivity index (χ0) is 25.4. The molecule has 0 unspecified atom stereocenters. The van der Waals surface area contributed by atoms with Gasteiger partial charge in [-0.3, -0.25) is 14.5 Å². The Kier molecular flexibility index (Phi) is 9.60. The van der Waals surface area contributed by atoms with Crippen LogP contribution in [-0.2, 0) is 32.5 Å². The lowest BCUT2D eigenvalue weighted by Gasteiger charge is -2.21. The van der Waals surface area contributed by atoms with Crippen molar-refractivity contribution in [1.29, 1.82) is 0 Å². The number of ether oxygens (including phenoxy) is 1. The van der Waals surface area contributed by atoms with Crippen LogP contribution < -0.4 is 4.74 Å². The van der Waals surface area contributed by atoms with Crippen molar-refractivity contribution in [2.45, 2.75) is 50.3 Å². The molecule has 0 amide bonds. The van der Waals surface area contributed by atoms with E-state index in [9.17, 15) is 18.0 Å². The van der Waals surface area contributed by atoms with E-state index in [4.69, 9.17) is 4.74 Å². The van der Waals surface area contributed by atoms with Crippen molar-refractivity contribution in [3.05, 3.63) is 59.2 Å². The molecule has 0 aliphatic carbocycles. The molecule has 1 saturated heterocycles. The van der Waals surface area contributed by atoms with Gasteiger partial charge in [0.2, 0.25) is 10.0 Å². The smallest absolute Gasteiger partial charge is 0.243 e. The number of ketones is 2. The highest BCUT2D eigenvalue weighted by atomic mass is 32.2. The zero-order valence-electron chi connectivity index (χ0n) is 21.0. The third-order valence-corrected chi connectivity index (χ3v) is 8.33. The van der Waals surface area contributed by atoms with Gasteiger partial charge >= 0.3 is 0 Å². The molecule has 8 heteroatoms. The van der Waals surface area contributed by atoms with Crippen molar-refractivity contribution in [3.8, 4) is 5.75 Å². The molecule has 0 N–H and O–H groups in total. The van der Waals surface area contributed by atoms with Crippen LogP contribution in [0.2, 0.25) is 0 Å². The third kappa shape index (κ3) is 7.72. The first-order valence-electron chi connectivity index (χ1n) is 12.1. The first-order chi connectivity index (χ1) is 16.7. The van der Waals surface area contributed by atoms with Gasteiger partial charge in [0.1, 0.15) is 5.75 Å². The van der Waals surface area contributed by atoms with Crippen molar-refractivity contribution < 1.29 is 22.7 Å². The predicted octanol–water partition coefficient (Wildman–Crippen LogP) is 3.42. The van der Waals surface area contributed by atoms with E-state index < -0.39 is 10.0 Å². The quantitative estimate of drug-likeness (QED) is 0.470. The number of methoxy groups -OCH3 is 1. The maximum Gasteiger partial charge on any atom is 0.243 e. The Bertz CT molecular complexity index is 1120. The molecule has 0 aromatic heterocycles. The summed E-state index contributed by atoms with van der Waals surface area (Å²) in [5, 5.41) is 0. The Labute approximate surface area is 209 Å². The molecule has 0 atom stereocenters. The van der Waals surface area contributed by atoms with Gasteiger partial charge in [-0.05, 0) is 61.7 Å². The summed E-state index contributed by atoms with van der Waals surface area (Å²) in [6.45, 7) is 3.16. The van der Waals surface area contributed by atoms with Crippen molar-refractivity contribution in [2.75, 3.05) is 40.3 Å². The summed E-state index contributed by atoms with van der Waals surface area (Å²) in [4.78, 5) is 27.1. The molecule has 1 aliphatic heterocycles. The van der Waals surface area contributed by atoms with E-state index >= 15 is 0 Å². The van der Waals surface area contributed by atoms with Gasteiger partial charge in [0.15, 0.2) is 11.6 Å². The minimum Gasteiger partial charge on any atom is -0.497 e. The third-order valence-electron chi connectivity index (χ3n) is 6.29. The first kappa shape index (κ1) is 27.0. The van der Waals surface area contributed by atoms with Crippen molar-refractivity contribution in [3.63, 3.8) is 0 Å². The van der Waals surface area contributed by atoms with E-state index in [0.29, 0.717) is 24.2 Å². The molecule has 0 saturated carbocycles. The van der Waals surface area contributed by atoms with Gasteiger partial charge in [0, 0.05) is 25.9 Å². The van der Waals surface area contributed by atoms with Crippen LogP contribution in [0.1, 0.15) is 42.4 Å². The summed E-state index contributed by atoms with van der Waals surface area (Å²) >= 11 is 0. The zero-order valence-corrected chi connectivity index (χ0v) is 21.8. The number of hydrogen-bond donors (Lipinski definition) is 0. The van der Waals surface area contributed by atoms with Gasteiger partial charge in [-0.25, -0.2) is 8.42 Å². The topological polar surface area (TPSA) is 84.0 Å². The number of carbonyl (C=O) groups is 2. The van der Waals surface area contributed by atoms with Crippen LogP contribution in [0.4, 0.5) is 0 Å². The number of Topliss-reactive ketones (excluding diaryl/α,β-unsaturated/α-hetero) is 2. The largest absolute Gasteiger partial charge is 0.497 e. The number of aryl methyl sites for hydroxylation is 1. The molecule has 35 heavy (non-hydrogen) atoms. The number of nitrogens with zero attached hydrogens (tertiary/aromatic N) is 2. The van der Waals surface area contributed by atoms with E-state index in [0.717, 1.165) is 37.0 Å². The normalized spacial score (nSPS) is 15.1. The van der Waals surface area contributed by atoms with E-state index in [1.807, 2.05) is 30.3 Å². The lowest BCUT2D eigenvalue weighted by molar-refractivity contribution is -0.121. The van der Waals surface area contributed by atoms with Crippen LogP contribution >= 0.6 is 0 Å². The summed E-state index contributed by atoms with van der Waals surface area (Å²) in [6, 6.07) is 12.6. The van der Waals surface area contributed by atoms with E-state index in [2.05, 4.69) is 0 Å². The maximum atomic E-state index is 13.3. The van der Waals surface area contributed by atoms with Gasteiger partial charge in [0.05, 0.1) is 25.1 Å². The molecular weight excluding hydrogens is 464 g/mol. The monoisotopic (exact) mass is 500 g/mol. The second-order valence-electron chi connectivity index (χ2n) is 9.37. The Balaban J connectivity index is 1.57. The van der Waals surface area contributed by atoms with Crippen LogP contribution in [0.15, 0.2) is 47.4 Å². The Morgan fingerprint density at radius 2 is 1.43 bits per heavy atom. The summed E-state index contributed by atoms with van der Waals surface area (Å²) < 4.78 is 33.3. The SMILES string of the molecule is COc1ccc(CC(=O)CN(C)CC(=O)Cc2ccc(C)c(S(=O)(=O)N3CCCCCC3)c2)cc1. The van der Waals surface area contributed by atoms with E-state index in [-0.39, 0.29) is 42.4 Å². The number of hydrogen-bond acceptors (Lipinski definition) is 6. The van der Waals surface area contributed by atoms with Crippen molar-refractivity contribution >= 4 is 21.6 Å². The summed E-state index contributed by atoms with van der Waals surface area (Å²) in [5.74, 6) is 0.695. The molecule has 1 aliphatic rings. The van der Waals surface area contributed by atoms with Gasteiger partial charge in [-0.2, -0.15) is 4.31 Å². The number of benzene rings is 2. The standard InChI is InChI=1S/C27H36N2O5S/c1-21-8-9-23(18-27(21)35(32,33)29-14-6-4-5-7-15-29)17-25(31)20-28(2)19-24(30)16-22-10-12-26(34-3)13-11-22/h8-13,18H,4-7,14-17,19-20H2,1-3H3. The molecule has 2 aromatic carbocycles. The van der Waals surface area contributed by atoms with Crippen LogP contribution in [0.5, 0.6) is 5.75 Å². The Hall–Kier alpha value is -2.55. The summed E-state index contributed by atoms with van der Waals surface area (Å²) in [5.41, 5.74) is 2.26. The Morgan fingerprint density at radius 3 is 2.00 bits per heavy atom. The van der Waals surface area contributed by atoms with Crippen LogP contribution in [0.3, 0.4) is 0 Å². The molecule has 3 rings (SSSR count). The Morgan fingerprint density at radius 1 is 0.886 bits per heavy atom. The molecular formula is C27H36N2O5S. The highest BCUT2D eigenvalue weighted by Gasteiger charge is 2.27. The molecule has 7 nitrogen and oxygen atoms in total. The number of likely N-dealkylation sites (N-methyl/N-ethyl adjacent to an activating group) is 1. The van der Waals surface area contributed by atoms with Crippen LogP contribution in [0, 0.1) is 6.92 Å². The average Bonchev–Trinajstić information content (AvgIpc) is 3.11. The van der Waals surface area contributed by atoms with Crippen LogP contribution in [0.25, 0.3) is 0 Å². The number of sulfonamides is 1. The molecule has 0 spiro atoms. The van der Waals surface area contributed by atoms with E-state index in [1.165, 1.54) is 0 Å². The predicted molar refractivity (Wildman–Crippen MR) is 136 cm³/mol. The van der Waals surface area contributed by atoms with Gasteiger partial charge < -0.3 is 4.74 Å². The van der Waals surface area contributed by atoms with Crippen molar-refractivity contribution in [2.24, 2.45) is 0 Å². The lowest BCUT2D eigenvalue weighted by Crippen LogP contribution is -2.33. The fourth-order valence-electron chi connectivity index (χ4n) is 4.42. The molecule has 2 aromatic rings. The average molecular weight is 501 g/mol. The molecule has 190 valence electrons. The fraction of sp³-hybridized carbons (Fsp3) is 0.481. The second-order valence-corrected chi connectivity index (χ2v) is 11.3. The number of carbonyl (C=O) groups excluding carboxylic acids is 2. The fourth-order valence-corrected chi connectivity index (χ4v) is 6.21. The van der Waals surface area contributed by atoms with Crippen molar-refractivity contribution in [1.82, 2.24) is 9.21 Å². The van der Waals surface area contributed by atoms with Gasteiger partial charge in [-0.1, -0.05) is 37.1 Å². The summed E-state index contributed by atoms with van der Waals surface area (Å²) in [7, 11) is -0.249. The maximum absolute atomic E-state index is 13.3. The minimum absolute atomic E-state index is 0.0200. The molecule has 0 radical (unpaired) electrons.